The summed E-state index contributed by atoms with van der Waals surface area (Å²) >= 11 is 0. The van der Waals surface area contributed by atoms with Crippen LogP contribution >= 0.6 is 0 Å². The Labute approximate surface area is 229 Å². The van der Waals surface area contributed by atoms with Crippen molar-refractivity contribution in [1.29, 1.82) is 0 Å². The Morgan fingerprint density at radius 3 is 1.88 bits per heavy atom. The number of ketones is 2. The molecule has 4 rings (SSSR count). The van der Waals surface area contributed by atoms with E-state index in [-0.39, 0.29) is 17.2 Å². The molecule has 204 valence electrons. The molecule has 10 nitrogen and oxygen atoms in total. The van der Waals surface area contributed by atoms with Crippen LogP contribution in [0.15, 0.2) is 65.8 Å². The third-order valence-electron chi connectivity index (χ3n) is 6.02. The lowest BCUT2D eigenvalue weighted by Crippen LogP contribution is -2.73. The molecule has 0 unspecified atom stereocenters. The predicted molar refractivity (Wildman–Crippen MR) is 149 cm³/mol. The van der Waals surface area contributed by atoms with Crippen molar-refractivity contribution in [2.75, 3.05) is 6.61 Å². The van der Waals surface area contributed by atoms with Gasteiger partial charge in [0.05, 0.1) is 17.6 Å². The fraction of sp³-hybridized carbons (Fsp3) is 0.200. The third-order valence-corrected chi connectivity index (χ3v) is 6.02. The number of Topliss-reactive ketones (excluding diaryl/α,β-unsaturated/α-hetero) is 2. The van der Waals surface area contributed by atoms with Gasteiger partial charge in [-0.05, 0) is 79.7 Å². The van der Waals surface area contributed by atoms with E-state index in [9.17, 15) is 19.2 Å². The van der Waals surface area contributed by atoms with Gasteiger partial charge < -0.3 is 14.1 Å². The molecule has 0 saturated carbocycles. The maximum absolute atomic E-state index is 13.1. The maximum atomic E-state index is 13.1. The fourth-order valence-electron chi connectivity index (χ4n) is 4.24. The van der Waals surface area contributed by atoms with Crippen LogP contribution in [-0.4, -0.2) is 46.1 Å². The minimum Gasteiger partial charge on any atom is -0.494 e. The Balaban J connectivity index is 1.90. The normalized spacial score (nSPS) is 11.9. The summed E-state index contributed by atoms with van der Waals surface area (Å²) in [5, 5.41) is 7.43. The van der Waals surface area contributed by atoms with Crippen LogP contribution in [0.1, 0.15) is 55.3 Å². The van der Waals surface area contributed by atoms with Crippen molar-refractivity contribution in [3.8, 4) is 11.4 Å². The monoisotopic (exact) mass is 542 g/mol. The van der Waals surface area contributed by atoms with Crippen molar-refractivity contribution in [1.82, 2.24) is 4.57 Å². The van der Waals surface area contributed by atoms with Crippen molar-refractivity contribution in [2.24, 2.45) is 5.16 Å². The van der Waals surface area contributed by atoms with E-state index < -0.39 is 17.7 Å². The molecule has 1 N–H and O–H groups in total. The standard InChI is InChI=1S/C30H27N3O7/c1-6-38-24-11-9-23(10-12-24)33-27-13-7-21(29(36)17(2)31-39-19(4)34)15-25(27)26-16-22(8-14-28(26)33)30(37)18(3)32-40-20(5)35/h7-16H,6H2,1-5H3/p+1/b31-17+,32-18?. The van der Waals surface area contributed by atoms with Gasteiger partial charge in [-0.25, -0.2) is 14.4 Å². The lowest BCUT2D eigenvalue weighted by molar-refractivity contribution is -0.722. The number of rotatable bonds is 9. The fourth-order valence-corrected chi connectivity index (χ4v) is 4.24. The van der Waals surface area contributed by atoms with Crippen LogP contribution in [0.25, 0.3) is 27.5 Å². The Bertz CT molecular complexity index is 1610. The summed E-state index contributed by atoms with van der Waals surface area (Å²) in [7, 11) is 0. The predicted octanol–water partition coefficient (Wildman–Crippen LogP) is 3.51. The van der Waals surface area contributed by atoms with Gasteiger partial charge in [-0.1, -0.05) is 5.16 Å². The van der Waals surface area contributed by atoms with Crippen LogP contribution in [0.3, 0.4) is 0 Å². The molecule has 0 saturated heterocycles. The molecular formula is C30H28N3O7+. The van der Waals surface area contributed by atoms with Crippen molar-refractivity contribution in [2.45, 2.75) is 34.6 Å². The van der Waals surface area contributed by atoms with Gasteiger partial charge in [-0.15, -0.1) is 0 Å². The van der Waals surface area contributed by atoms with Crippen molar-refractivity contribution < 1.29 is 38.7 Å². The molecule has 0 fully saturated rings. The van der Waals surface area contributed by atoms with Gasteiger partial charge in [0.15, 0.2) is 0 Å². The van der Waals surface area contributed by atoms with E-state index in [0.717, 1.165) is 33.2 Å². The summed E-state index contributed by atoms with van der Waals surface area (Å²) < 4.78 is 7.61. The molecule has 10 heteroatoms. The molecule has 0 bridgehead atoms. The highest BCUT2D eigenvalue weighted by Crippen LogP contribution is 2.34. The number of aromatic nitrogens is 1. The minimum absolute atomic E-state index is 0.0161. The number of ether oxygens (including phenoxy) is 1. The molecular weight excluding hydrogens is 514 g/mol. The maximum Gasteiger partial charge on any atom is 0.376 e. The zero-order valence-electron chi connectivity index (χ0n) is 22.7. The van der Waals surface area contributed by atoms with Gasteiger partial charge in [0.1, 0.15) is 11.5 Å². The number of benzene rings is 3. The summed E-state index contributed by atoms with van der Waals surface area (Å²) in [6.45, 7) is 7.86. The molecule has 40 heavy (non-hydrogen) atoms. The summed E-state index contributed by atoms with van der Waals surface area (Å²) in [6, 6.07) is 18.1. The third kappa shape index (κ3) is 5.80. The Morgan fingerprint density at radius 1 is 0.775 bits per heavy atom. The molecule has 0 radical (unpaired) electrons. The number of nitrogens with zero attached hydrogens (tertiary/aromatic N) is 2. The lowest BCUT2D eigenvalue weighted by Gasteiger charge is -2.10. The van der Waals surface area contributed by atoms with Gasteiger partial charge in [-0.2, -0.15) is 0 Å². The molecule has 0 aliphatic carbocycles. The second kappa shape index (κ2) is 11.7. The van der Waals surface area contributed by atoms with Crippen LogP contribution in [0.5, 0.6) is 5.75 Å². The molecule has 0 amide bonds. The largest absolute Gasteiger partial charge is 0.494 e. The zero-order chi connectivity index (χ0) is 29.0. The van der Waals surface area contributed by atoms with Crippen LogP contribution < -0.4 is 9.89 Å². The Hall–Kier alpha value is -5.12. The summed E-state index contributed by atoms with van der Waals surface area (Å²) in [5.41, 5.74) is 3.31. The first-order chi connectivity index (χ1) is 19.1. The van der Waals surface area contributed by atoms with E-state index in [1.54, 1.807) is 24.3 Å². The number of hydrogen-bond donors (Lipinski definition) is 1. The molecule has 0 atom stereocenters. The van der Waals surface area contributed by atoms with E-state index in [0.29, 0.717) is 17.7 Å². The molecule has 1 aromatic heterocycles. The molecule has 0 aliphatic heterocycles. The van der Waals surface area contributed by atoms with Crippen molar-refractivity contribution in [3.63, 3.8) is 0 Å². The average molecular weight is 543 g/mol. The zero-order valence-corrected chi connectivity index (χ0v) is 22.7. The van der Waals surface area contributed by atoms with E-state index in [2.05, 4.69) is 15.1 Å². The number of fused-ring (bicyclic) bond motifs is 3. The van der Waals surface area contributed by atoms with E-state index in [1.165, 1.54) is 27.7 Å². The highest BCUT2D eigenvalue weighted by atomic mass is 16.7. The quantitative estimate of drug-likeness (QED) is 0.148. The van der Waals surface area contributed by atoms with Crippen molar-refractivity contribution >= 4 is 56.7 Å². The number of oxime groups is 1. The van der Waals surface area contributed by atoms with Gasteiger partial charge in [0, 0.05) is 48.4 Å². The molecule has 4 aromatic rings. The number of nitrogens with one attached hydrogen (secondary N) is 1. The van der Waals surface area contributed by atoms with Crippen LogP contribution in [0.2, 0.25) is 0 Å². The Kier molecular flexibility index (Phi) is 8.18. The van der Waals surface area contributed by atoms with E-state index >= 15 is 0 Å². The average Bonchev–Trinajstić information content (AvgIpc) is 3.27. The molecule has 3 aromatic carbocycles. The highest BCUT2D eigenvalue weighted by Gasteiger charge is 2.21. The smallest absolute Gasteiger partial charge is 0.376 e. The summed E-state index contributed by atoms with van der Waals surface area (Å²) in [4.78, 5) is 57.8. The number of hydrogen-bond acceptors (Lipinski definition) is 8. The summed E-state index contributed by atoms with van der Waals surface area (Å²) in [5.74, 6) is -1.24. The van der Waals surface area contributed by atoms with E-state index in [4.69, 9.17) is 9.57 Å². The van der Waals surface area contributed by atoms with E-state index in [1.807, 2.05) is 47.9 Å². The molecule has 0 aliphatic rings. The minimum atomic E-state index is -0.631. The molecule has 0 spiro atoms. The number of carbonyl (C=O) groups excluding carboxylic acids is 4. The van der Waals surface area contributed by atoms with Crippen LogP contribution in [0.4, 0.5) is 0 Å². The lowest BCUT2D eigenvalue weighted by atomic mass is 10.0. The summed E-state index contributed by atoms with van der Waals surface area (Å²) in [6.07, 6.45) is 0. The van der Waals surface area contributed by atoms with Gasteiger partial charge in [0.25, 0.3) is 11.5 Å². The first-order valence-corrected chi connectivity index (χ1v) is 12.5. The highest BCUT2D eigenvalue weighted by molar-refractivity contribution is 6.45. The van der Waals surface area contributed by atoms with Gasteiger partial charge >= 0.3 is 11.9 Å². The second-order valence-corrected chi connectivity index (χ2v) is 8.96. The SMILES string of the molecule is CCOc1ccc(-n2c3ccc(C(=O)C(C)=NOC(C)=O)cc3c3cc(C(=O)/C(C)=[NH+]/OC(C)=O)ccc32)cc1. The van der Waals surface area contributed by atoms with Crippen LogP contribution in [0, 0.1) is 0 Å². The van der Waals surface area contributed by atoms with Gasteiger partial charge in [0.2, 0.25) is 5.78 Å². The first-order valence-electron chi connectivity index (χ1n) is 12.5. The van der Waals surface area contributed by atoms with Gasteiger partial charge in [-0.3, -0.25) is 9.59 Å². The second-order valence-electron chi connectivity index (χ2n) is 8.96. The topological polar surface area (TPSA) is 127 Å². The first kappa shape index (κ1) is 27.9. The van der Waals surface area contributed by atoms with Crippen LogP contribution in [-0.2, 0) is 19.3 Å². The molecule has 1 heterocycles. The Morgan fingerprint density at radius 2 is 1.35 bits per heavy atom. The van der Waals surface area contributed by atoms with Crippen molar-refractivity contribution in [3.05, 3.63) is 71.8 Å². The number of carbonyl (C=O) groups is 4.